The fraction of sp³-hybridized carbons (Fsp3) is 0.780. The van der Waals surface area contributed by atoms with Crippen molar-refractivity contribution in [3.05, 3.63) is 0 Å². The summed E-state index contributed by atoms with van der Waals surface area (Å²) in [5.74, 6) is -8.38. The molecule has 2 aliphatic heterocycles. The Morgan fingerprint density at radius 2 is 1.30 bits per heavy atom. The maximum atomic E-state index is 14.3. The molecule has 6 atom stereocenters. The fourth-order valence-electron chi connectivity index (χ4n) is 8.29. The van der Waals surface area contributed by atoms with E-state index in [-0.39, 0.29) is 74.0 Å². The van der Waals surface area contributed by atoms with E-state index in [9.17, 15) is 43.5 Å². The minimum atomic E-state index is -1.20. The van der Waals surface area contributed by atoms with Crippen LogP contribution in [0.1, 0.15) is 132 Å². The summed E-state index contributed by atoms with van der Waals surface area (Å²) in [5.41, 5.74) is 15.9. The number of aliphatic carboxylic acids is 1. The van der Waals surface area contributed by atoms with Crippen molar-refractivity contribution in [1.29, 1.82) is 0 Å². The van der Waals surface area contributed by atoms with Crippen molar-refractivity contribution < 1.29 is 43.5 Å². The van der Waals surface area contributed by atoms with Gasteiger partial charge in [0.1, 0.15) is 17.3 Å². The molecule has 0 unspecified atom stereocenters. The van der Waals surface area contributed by atoms with Crippen molar-refractivity contribution in [3.8, 4) is 0 Å². The van der Waals surface area contributed by atoms with Gasteiger partial charge in [0.05, 0.1) is 18.5 Å². The number of hydrogen-bond acceptors (Lipinski definition) is 10. The summed E-state index contributed by atoms with van der Waals surface area (Å²) in [7, 11) is 0. The molecular formula is C41H68N6O9. The number of primary amides is 1. The first-order valence-corrected chi connectivity index (χ1v) is 20.3. The second-order valence-corrected chi connectivity index (χ2v) is 17.5. The lowest BCUT2D eigenvalue weighted by Crippen LogP contribution is -2.45. The highest BCUT2D eigenvalue weighted by molar-refractivity contribution is 5.98. The van der Waals surface area contributed by atoms with E-state index >= 15 is 0 Å². The van der Waals surface area contributed by atoms with E-state index in [2.05, 4.69) is 9.89 Å². The van der Waals surface area contributed by atoms with Gasteiger partial charge >= 0.3 is 5.97 Å². The van der Waals surface area contributed by atoms with Crippen molar-refractivity contribution in [3.63, 3.8) is 0 Å². The zero-order valence-corrected chi connectivity index (χ0v) is 34.7. The van der Waals surface area contributed by atoms with Crippen LogP contribution in [0.25, 0.3) is 0 Å². The van der Waals surface area contributed by atoms with E-state index in [0.29, 0.717) is 38.6 Å². The molecule has 0 aliphatic carbocycles. The minimum absolute atomic E-state index is 0.00503. The fourth-order valence-corrected chi connectivity index (χ4v) is 8.29. The molecule has 0 aromatic rings. The monoisotopic (exact) mass is 789 g/mol. The van der Waals surface area contributed by atoms with Crippen LogP contribution in [0, 0.1) is 35.0 Å². The van der Waals surface area contributed by atoms with E-state index in [1.165, 1.54) is 4.90 Å². The first-order valence-electron chi connectivity index (χ1n) is 20.3. The largest absolute Gasteiger partial charge is 0.481 e. The first-order chi connectivity index (χ1) is 26.0. The number of Topliss-reactive ketones (excluding diaryl/α,β-unsaturated/α-hetero) is 5. The molecule has 2 amide bonds. The number of aliphatic imine (C=N–C) groups is 1. The number of nitrogens with zero attached hydrogens (tertiary/aromatic N) is 3. The van der Waals surface area contributed by atoms with Crippen LogP contribution in [-0.4, -0.2) is 105 Å². The van der Waals surface area contributed by atoms with E-state index in [1.807, 2.05) is 34.6 Å². The Kier molecular flexibility index (Phi) is 19.0. The standard InChI is InChI=1S/C41H68N6O9/c1-24(2)38(55)28(22-37(53)54)20-34(50)31-14-11-17-47(31)39(56)26(12-8-9-15-45-40(43)44)18-32(48)27(21-36(42)52)19-33(49)29(41(5,6)7)23-35(51)30-13-10-16-46(30)25(3)4/h24-31H,8-23H2,1-7H3,(H2,42,52)(H,53,54)(H4,43,44,45)/t26-,27+,28-,29-,30+,31+/m0/s1. The predicted octanol–water partition coefficient (Wildman–Crippen LogP) is 3.22. The predicted molar refractivity (Wildman–Crippen MR) is 212 cm³/mol. The van der Waals surface area contributed by atoms with Crippen molar-refractivity contribution in [2.75, 3.05) is 19.6 Å². The molecule has 2 rings (SSSR count). The van der Waals surface area contributed by atoms with E-state index in [0.717, 1.165) is 13.0 Å². The van der Waals surface area contributed by atoms with Gasteiger partial charge in [-0.25, -0.2) is 0 Å². The smallest absolute Gasteiger partial charge is 0.304 e. The summed E-state index contributed by atoms with van der Waals surface area (Å²) in [5, 5.41) is 9.43. The highest BCUT2D eigenvalue weighted by atomic mass is 16.4. The Morgan fingerprint density at radius 3 is 1.86 bits per heavy atom. The Bertz CT molecular complexity index is 1470. The number of likely N-dealkylation sites (tertiary alicyclic amines) is 2. The number of nitrogens with two attached hydrogens (primary N) is 3. The number of amides is 2. The molecule has 0 spiro atoms. The van der Waals surface area contributed by atoms with Crippen LogP contribution in [0.2, 0.25) is 0 Å². The molecule has 2 aliphatic rings. The van der Waals surface area contributed by atoms with Gasteiger partial charge in [-0.1, -0.05) is 41.0 Å². The number of carbonyl (C=O) groups excluding carboxylic acids is 7. The summed E-state index contributed by atoms with van der Waals surface area (Å²) in [6, 6.07) is -1.00. The molecule has 0 bridgehead atoms. The lowest BCUT2D eigenvalue weighted by molar-refractivity contribution is -0.145. The number of ketones is 5. The van der Waals surface area contributed by atoms with Gasteiger partial charge in [0, 0.05) is 80.8 Å². The Hall–Kier alpha value is -4.01. The average molecular weight is 789 g/mol. The molecule has 15 nitrogen and oxygen atoms in total. The van der Waals surface area contributed by atoms with Gasteiger partial charge in [-0.05, 0) is 64.3 Å². The van der Waals surface area contributed by atoms with Crippen LogP contribution in [0.5, 0.6) is 0 Å². The van der Waals surface area contributed by atoms with E-state index in [4.69, 9.17) is 17.2 Å². The maximum absolute atomic E-state index is 14.3. The van der Waals surface area contributed by atoms with Gasteiger partial charge in [-0.3, -0.25) is 48.2 Å². The van der Waals surface area contributed by atoms with Crippen LogP contribution in [0.4, 0.5) is 0 Å². The number of unbranched alkanes of at least 4 members (excludes halogenated alkanes) is 1. The van der Waals surface area contributed by atoms with Crippen molar-refractivity contribution >= 4 is 52.7 Å². The zero-order chi connectivity index (χ0) is 42.5. The SMILES string of the molecule is CC(C)C(=O)[C@H](CC(=O)O)CC(=O)[C@H]1CCCN1C(=O)[C@@H](CCCCN=C(N)N)CC(=O)[C@@H](CC(N)=O)CC(=O)[C@H](CC(=O)[C@H]1CCCN1C(C)C)C(C)(C)C. The maximum Gasteiger partial charge on any atom is 0.304 e. The van der Waals surface area contributed by atoms with Crippen molar-refractivity contribution in [2.24, 2.45) is 57.2 Å². The second-order valence-electron chi connectivity index (χ2n) is 17.5. The number of carbonyl (C=O) groups is 8. The number of hydrogen-bond donors (Lipinski definition) is 4. The quantitative estimate of drug-likeness (QED) is 0.0591. The molecule has 0 aromatic carbocycles. The molecule has 2 saturated heterocycles. The Morgan fingerprint density at radius 1 is 0.714 bits per heavy atom. The average Bonchev–Trinajstić information content (AvgIpc) is 3.78. The number of carboxylic acids is 1. The molecular weight excluding hydrogens is 720 g/mol. The summed E-state index contributed by atoms with van der Waals surface area (Å²) < 4.78 is 0. The lowest BCUT2D eigenvalue weighted by atomic mass is 9.72. The minimum Gasteiger partial charge on any atom is -0.481 e. The normalized spacial score (nSPS) is 19.7. The van der Waals surface area contributed by atoms with Gasteiger partial charge in [-0.15, -0.1) is 0 Å². The van der Waals surface area contributed by atoms with Gasteiger partial charge in [-0.2, -0.15) is 0 Å². The molecule has 2 fully saturated rings. The van der Waals surface area contributed by atoms with E-state index < -0.39 is 83.2 Å². The third-order valence-corrected chi connectivity index (χ3v) is 11.3. The molecule has 0 saturated carbocycles. The highest BCUT2D eigenvalue weighted by Gasteiger charge is 2.42. The Balaban J connectivity index is 2.35. The lowest BCUT2D eigenvalue weighted by Gasteiger charge is -2.33. The summed E-state index contributed by atoms with van der Waals surface area (Å²) >= 11 is 0. The van der Waals surface area contributed by atoms with Crippen molar-refractivity contribution in [1.82, 2.24) is 9.80 Å². The number of rotatable bonds is 25. The summed E-state index contributed by atoms with van der Waals surface area (Å²) in [4.78, 5) is 114. The van der Waals surface area contributed by atoms with Crippen LogP contribution < -0.4 is 17.2 Å². The van der Waals surface area contributed by atoms with E-state index in [1.54, 1.807) is 13.8 Å². The van der Waals surface area contributed by atoms with Crippen LogP contribution >= 0.6 is 0 Å². The van der Waals surface area contributed by atoms with Gasteiger partial charge < -0.3 is 27.2 Å². The molecule has 7 N–H and O–H groups in total. The molecule has 15 heteroatoms. The molecule has 316 valence electrons. The van der Waals surface area contributed by atoms with Gasteiger partial charge in [0.2, 0.25) is 11.8 Å². The number of carboxylic acid groups (broad SMARTS) is 1. The topological polar surface area (TPSA) is 254 Å². The van der Waals surface area contributed by atoms with Gasteiger partial charge in [0.25, 0.3) is 0 Å². The second kappa shape index (κ2) is 22.1. The molecule has 2 heterocycles. The molecule has 0 aromatic heterocycles. The molecule has 0 radical (unpaired) electrons. The Labute approximate surface area is 332 Å². The zero-order valence-electron chi connectivity index (χ0n) is 34.7. The first kappa shape index (κ1) is 48.1. The summed E-state index contributed by atoms with van der Waals surface area (Å²) in [6.07, 6.45) is 1.72. The van der Waals surface area contributed by atoms with Crippen LogP contribution in [-0.2, 0) is 38.4 Å². The highest BCUT2D eigenvalue weighted by Crippen LogP contribution is 2.35. The third-order valence-electron chi connectivity index (χ3n) is 11.3. The van der Waals surface area contributed by atoms with Crippen molar-refractivity contribution in [2.45, 2.75) is 150 Å². The van der Waals surface area contributed by atoms with Crippen LogP contribution in [0.3, 0.4) is 0 Å². The summed E-state index contributed by atoms with van der Waals surface area (Å²) in [6.45, 7) is 14.3. The van der Waals surface area contributed by atoms with Gasteiger partial charge in [0.15, 0.2) is 17.5 Å². The number of guanidine groups is 1. The molecule has 56 heavy (non-hydrogen) atoms. The third kappa shape index (κ3) is 14.8. The van der Waals surface area contributed by atoms with Crippen LogP contribution in [0.15, 0.2) is 4.99 Å².